The van der Waals surface area contributed by atoms with Gasteiger partial charge in [-0.2, -0.15) is 0 Å². The minimum absolute atomic E-state index is 0.00805. The highest BCUT2D eigenvalue weighted by Gasteiger charge is 2.12. The fourth-order valence-corrected chi connectivity index (χ4v) is 2.48. The van der Waals surface area contributed by atoms with Crippen LogP contribution in [0.2, 0.25) is 10.0 Å². The van der Waals surface area contributed by atoms with E-state index in [1.807, 2.05) is 35.7 Å². The SMILES string of the molecule is Cc1cccc2nc(-c3cc(F)c(Cl)cc3Cl)cn12. The summed E-state index contributed by atoms with van der Waals surface area (Å²) in [7, 11) is 0. The molecule has 0 spiro atoms. The van der Waals surface area contributed by atoms with Gasteiger partial charge >= 0.3 is 0 Å². The molecule has 3 aromatic rings. The molecule has 0 radical (unpaired) electrons. The summed E-state index contributed by atoms with van der Waals surface area (Å²) in [6.07, 6.45) is 1.83. The van der Waals surface area contributed by atoms with E-state index in [0.29, 0.717) is 16.3 Å². The Morgan fingerprint density at radius 2 is 1.95 bits per heavy atom. The molecule has 2 heterocycles. The lowest BCUT2D eigenvalue weighted by atomic mass is 10.1. The first-order valence-electron chi connectivity index (χ1n) is 5.66. The lowest BCUT2D eigenvalue weighted by Gasteiger charge is -2.02. The molecule has 19 heavy (non-hydrogen) atoms. The highest BCUT2D eigenvalue weighted by atomic mass is 35.5. The maximum Gasteiger partial charge on any atom is 0.142 e. The van der Waals surface area contributed by atoms with Gasteiger partial charge in [0.05, 0.1) is 15.7 Å². The minimum atomic E-state index is -0.505. The van der Waals surface area contributed by atoms with Gasteiger partial charge in [0, 0.05) is 17.5 Å². The summed E-state index contributed by atoms with van der Waals surface area (Å²) in [6, 6.07) is 8.48. The zero-order valence-electron chi connectivity index (χ0n) is 9.99. The molecule has 0 amide bonds. The highest BCUT2D eigenvalue weighted by molar-refractivity contribution is 6.36. The number of halogens is 3. The maximum absolute atomic E-state index is 13.6. The van der Waals surface area contributed by atoms with Crippen LogP contribution in [-0.4, -0.2) is 9.38 Å². The molecule has 5 heteroatoms. The summed E-state index contributed by atoms with van der Waals surface area (Å²) in [5.74, 6) is -0.505. The van der Waals surface area contributed by atoms with E-state index in [9.17, 15) is 4.39 Å². The van der Waals surface area contributed by atoms with E-state index in [1.54, 1.807) is 0 Å². The average Bonchev–Trinajstić information content (AvgIpc) is 2.79. The van der Waals surface area contributed by atoms with Gasteiger partial charge in [-0.3, -0.25) is 0 Å². The zero-order chi connectivity index (χ0) is 13.6. The van der Waals surface area contributed by atoms with Crippen molar-refractivity contribution in [1.29, 1.82) is 0 Å². The molecule has 0 aliphatic rings. The lowest BCUT2D eigenvalue weighted by molar-refractivity contribution is 0.629. The molecule has 2 aromatic heterocycles. The summed E-state index contributed by atoms with van der Waals surface area (Å²) < 4.78 is 15.5. The van der Waals surface area contributed by atoms with E-state index < -0.39 is 5.82 Å². The van der Waals surface area contributed by atoms with Crippen LogP contribution in [0.3, 0.4) is 0 Å². The van der Waals surface area contributed by atoms with Gasteiger partial charge in [-0.05, 0) is 31.2 Å². The molecule has 0 aliphatic carbocycles. The second-order valence-corrected chi connectivity index (χ2v) is 5.08. The van der Waals surface area contributed by atoms with Crippen LogP contribution in [0.25, 0.3) is 16.9 Å². The fraction of sp³-hybridized carbons (Fsp3) is 0.0714. The van der Waals surface area contributed by atoms with Gasteiger partial charge in [0.25, 0.3) is 0 Å². The van der Waals surface area contributed by atoms with Crippen molar-refractivity contribution in [1.82, 2.24) is 9.38 Å². The molecule has 1 aromatic carbocycles. The topological polar surface area (TPSA) is 17.3 Å². The van der Waals surface area contributed by atoms with Gasteiger partial charge in [0.15, 0.2) is 0 Å². The molecule has 0 bridgehead atoms. The summed E-state index contributed by atoms with van der Waals surface area (Å²) in [5.41, 5.74) is 2.99. The Labute approximate surface area is 119 Å². The number of benzene rings is 1. The Bertz CT molecular complexity index is 780. The van der Waals surface area contributed by atoms with Crippen molar-refractivity contribution < 1.29 is 4.39 Å². The number of aromatic nitrogens is 2. The van der Waals surface area contributed by atoms with Gasteiger partial charge in [-0.1, -0.05) is 29.3 Å². The predicted molar refractivity (Wildman–Crippen MR) is 75.3 cm³/mol. The molecule has 96 valence electrons. The molecule has 0 fully saturated rings. The molecule has 3 rings (SSSR count). The second-order valence-electron chi connectivity index (χ2n) is 4.27. The third kappa shape index (κ3) is 2.09. The van der Waals surface area contributed by atoms with Crippen LogP contribution in [-0.2, 0) is 0 Å². The average molecular weight is 295 g/mol. The number of nitrogens with zero attached hydrogens (tertiary/aromatic N) is 2. The quantitative estimate of drug-likeness (QED) is 0.592. The van der Waals surface area contributed by atoms with E-state index in [1.165, 1.54) is 12.1 Å². The van der Waals surface area contributed by atoms with E-state index in [2.05, 4.69) is 4.98 Å². The molecular weight excluding hydrogens is 286 g/mol. The Morgan fingerprint density at radius 3 is 2.68 bits per heavy atom. The number of hydrogen-bond donors (Lipinski definition) is 0. The molecule has 0 N–H and O–H groups in total. The zero-order valence-corrected chi connectivity index (χ0v) is 11.5. The van der Waals surface area contributed by atoms with Crippen molar-refractivity contribution in [2.24, 2.45) is 0 Å². The predicted octanol–water partition coefficient (Wildman–Crippen LogP) is 4.76. The van der Waals surface area contributed by atoms with Crippen LogP contribution in [0, 0.1) is 12.7 Å². The normalized spacial score (nSPS) is 11.2. The van der Waals surface area contributed by atoms with Crippen LogP contribution < -0.4 is 0 Å². The maximum atomic E-state index is 13.6. The number of rotatable bonds is 1. The fourth-order valence-electron chi connectivity index (χ4n) is 2.00. The van der Waals surface area contributed by atoms with Crippen molar-refractivity contribution >= 4 is 28.8 Å². The molecule has 0 atom stereocenters. The summed E-state index contributed by atoms with van der Waals surface area (Å²) >= 11 is 11.8. The van der Waals surface area contributed by atoms with E-state index in [-0.39, 0.29) is 5.02 Å². The third-order valence-electron chi connectivity index (χ3n) is 2.98. The van der Waals surface area contributed by atoms with Crippen LogP contribution >= 0.6 is 23.2 Å². The molecule has 0 unspecified atom stereocenters. The van der Waals surface area contributed by atoms with Crippen molar-refractivity contribution in [2.45, 2.75) is 6.92 Å². The summed E-state index contributed by atoms with van der Waals surface area (Å²) in [6.45, 7) is 1.97. The lowest BCUT2D eigenvalue weighted by Crippen LogP contribution is -1.86. The highest BCUT2D eigenvalue weighted by Crippen LogP contribution is 2.32. The molecular formula is C14H9Cl2FN2. The third-order valence-corrected chi connectivity index (χ3v) is 3.58. The monoisotopic (exact) mass is 294 g/mol. The number of fused-ring (bicyclic) bond motifs is 1. The van der Waals surface area contributed by atoms with Crippen LogP contribution in [0.15, 0.2) is 36.5 Å². The van der Waals surface area contributed by atoms with Crippen molar-refractivity contribution in [3.8, 4) is 11.3 Å². The Balaban J connectivity index is 2.25. The Kier molecular flexibility index (Phi) is 2.96. The van der Waals surface area contributed by atoms with Crippen LogP contribution in [0.4, 0.5) is 4.39 Å². The van der Waals surface area contributed by atoms with Gasteiger partial charge in [0.1, 0.15) is 11.5 Å². The largest absolute Gasteiger partial charge is 0.304 e. The summed E-state index contributed by atoms with van der Waals surface area (Å²) in [5, 5.41) is 0.390. The van der Waals surface area contributed by atoms with E-state index in [0.717, 1.165) is 11.3 Å². The number of hydrogen-bond acceptors (Lipinski definition) is 1. The van der Waals surface area contributed by atoms with Crippen molar-refractivity contribution in [2.75, 3.05) is 0 Å². The molecule has 0 saturated heterocycles. The standard InChI is InChI=1S/C14H9Cl2FN2/c1-8-3-2-4-14-18-13(7-19(8)14)9-5-12(17)11(16)6-10(9)15/h2-7H,1H3. The smallest absolute Gasteiger partial charge is 0.142 e. The number of aryl methyl sites for hydroxylation is 1. The minimum Gasteiger partial charge on any atom is -0.304 e. The first-order valence-corrected chi connectivity index (χ1v) is 6.41. The van der Waals surface area contributed by atoms with Gasteiger partial charge in [-0.25, -0.2) is 9.37 Å². The second kappa shape index (κ2) is 4.51. The van der Waals surface area contributed by atoms with Gasteiger partial charge < -0.3 is 4.40 Å². The summed E-state index contributed by atoms with van der Waals surface area (Å²) in [4.78, 5) is 4.44. The molecule has 2 nitrogen and oxygen atoms in total. The number of imidazole rings is 1. The van der Waals surface area contributed by atoms with E-state index in [4.69, 9.17) is 23.2 Å². The first kappa shape index (κ1) is 12.5. The van der Waals surface area contributed by atoms with Crippen LogP contribution in [0.5, 0.6) is 0 Å². The molecule has 0 aliphatic heterocycles. The van der Waals surface area contributed by atoms with Crippen molar-refractivity contribution in [3.63, 3.8) is 0 Å². The van der Waals surface area contributed by atoms with Crippen molar-refractivity contribution in [3.05, 3.63) is 58.1 Å². The Morgan fingerprint density at radius 1 is 1.16 bits per heavy atom. The first-order chi connectivity index (χ1) is 9.06. The number of pyridine rings is 1. The van der Waals surface area contributed by atoms with Gasteiger partial charge in [-0.15, -0.1) is 0 Å². The van der Waals surface area contributed by atoms with Gasteiger partial charge in [0.2, 0.25) is 0 Å². The van der Waals surface area contributed by atoms with Crippen LogP contribution in [0.1, 0.15) is 5.69 Å². The molecule has 0 saturated carbocycles. The Hall–Kier alpha value is -1.58. The van der Waals surface area contributed by atoms with E-state index >= 15 is 0 Å².